The van der Waals surface area contributed by atoms with Crippen LogP contribution in [0.2, 0.25) is 0 Å². The fourth-order valence-electron chi connectivity index (χ4n) is 3.37. The molecule has 0 fully saturated rings. The summed E-state index contributed by atoms with van der Waals surface area (Å²) in [6.45, 7) is 2.47. The van der Waals surface area contributed by atoms with Gasteiger partial charge in [0.15, 0.2) is 0 Å². The second kappa shape index (κ2) is 8.84. The molecule has 0 bridgehead atoms. The number of nitrogens with one attached hydrogen (secondary N) is 1. The summed E-state index contributed by atoms with van der Waals surface area (Å²) in [6.07, 6.45) is 6.58. The van der Waals surface area contributed by atoms with E-state index in [4.69, 9.17) is 9.72 Å². The molecule has 0 aliphatic carbocycles. The zero-order valence-corrected chi connectivity index (χ0v) is 16.3. The Morgan fingerprint density at radius 3 is 2.90 bits per heavy atom. The Balaban J connectivity index is 1.57. The smallest absolute Gasteiger partial charge is 0.125 e. The van der Waals surface area contributed by atoms with Gasteiger partial charge in [-0.15, -0.1) is 0 Å². The van der Waals surface area contributed by atoms with E-state index in [1.807, 2.05) is 36.8 Å². The van der Waals surface area contributed by atoms with E-state index in [0.717, 1.165) is 47.5 Å². The molecule has 0 spiro atoms. The topological polar surface area (TPSA) is 52.0 Å². The lowest BCUT2D eigenvalue weighted by atomic mass is 10.0. The van der Waals surface area contributed by atoms with Crippen LogP contribution in [0.5, 0.6) is 5.75 Å². The van der Waals surface area contributed by atoms with E-state index < -0.39 is 0 Å². The van der Waals surface area contributed by atoms with Crippen molar-refractivity contribution < 1.29 is 9.13 Å². The van der Waals surface area contributed by atoms with Crippen molar-refractivity contribution in [3.8, 4) is 17.0 Å². The summed E-state index contributed by atoms with van der Waals surface area (Å²) >= 11 is 0. The number of ether oxygens (including phenoxy) is 1. The molecule has 0 aliphatic heterocycles. The summed E-state index contributed by atoms with van der Waals surface area (Å²) in [6, 6.07) is 14.6. The number of aromatic nitrogens is 3. The molecule has 0 amide bonds. The number of rotatable bonds is 8. The maximum absolute atomic E-state index is 13.7. The molecule has 0 atom stereocenters. The van der Waals surface area contributed by atoms with Crippen LogP contribution < -0.4 is 10.1 Å². The van der Waals surface area contributed by atoms with Crippen LogP contribution in [-0.2, 0) is 13.1 Å². The lowest BCUT2D eigenvalue weighted by molar-refractivity contribution is 0.415. The zero-order valence-electron chi connectivity index (χ0n) is 16.3. The number of fused-ring (bicyclic) bond motifs is 1. The lowest BCUT2D eigenvalue weighted by Gasteiger charge is -2.13. The number of benzene rings is 2. The van der Waals surface area contributed by atoms with Crippen molar-refractivity contribution in [2.24, 2.45) is 0 Å². The first-order valence-corrected chi connectivity index (χ1v) is 9.63. The Hall–Kier alpha value is -3.25. The Bertz CT molecular complexity index is 1100. The van der Waals surface area contributed by atoms with E-state index in [2.05, 4.69) is 20.9 Å². The molecule has 2 heterocycles. The van der Waals surface area contributed by atoms with Crippen molar-refractivity contribution in [1.29, 1.82) is 0 Å². The molecular weight excluding hydrogens is 367 g/mol. The normalized spacial score (nSPS) is 11.1. The Kier molecular flexibility index (Phi) is 5.81. The first kappa shape index (κ1) is 19.1. The molecular formula is C23H23FN4O. The van der Waals surface area contributed by atoms with E-state index in [1.54, 1.807) is 19.4 Å². The SMILES string of the molecule is COc1cccc(-c2nc3cc(F)ccc3cc2CNCCCn2ccnc2)c1. The number of pyridine rings is 1. The number of methoxy groups -OCH3 is 1. The standard InChI is InChI=1S/C23H23FN4O/c1-29-21-5-2-4-18(13-21)23-19(12-17-6-7-20(24)14-22(17)27-23)15-25-8-3-10-28-11-9-26-16-28/h2,4-7,9,11-14,16,25H,3,8,10,15H2,1H3. The minimum absolute atomic E-state index is 0.285. The number of hydrogen-bond acceptors (Lipinski definition) is 4. The van der Waals surface area contributed by atoms with Crippen molar-refractivity contribution >= 4 is 10.9 Å². The molecule has 0 unspecified atom stereocenters. The van der Waals surface area contributed by atoms with Gasteiger partial charge in [0.2, 0.25) is 0 Å². The number of aryl methyl sites for hydroxylation is 1. The van der Waals surface area contributed by atoms with Crippen molar-refractivity contribution in [3.63, 3.8) is 0 Å². The monoisotopic (exact) mass is 390 g/mol. The van der Waals surface area contributed by atoms with E-state index in [-0.39, 0.29) is 5.82 Å². The molecule has 0 saturated heterocycles. The Morgan fingerprint density at radius 2 is 2.07 bits per heavy atom. The maximum Gasteiger partial charge on any atom is 0.125 e. The van der Waals surface area contributed by atoms with Gasteiger partial charge < -0.3 is 14.6 Å². The molecule has 148 valence electrons. The average Bonchev–Trinajstić information content (AvgIpc) is 3.26. The largest absolute Gasteiger partial charge is 0.497 e. The second-order valence-electron chi connectivity index (χ2n) is 6.90. The summed E-state index contributed by atoms with van der Waals surface area (Å²) in [5.74, 6) is 0.481. The molecule has 4 aromatic rings. The van der Waals surface area contributed by atoms with Gasteiger partial charge in [0.05, 0.1) is 24.6 Å². The summed E-state index contributed by atoms with van der Waals surface area (Å²) < 4.78 is 21.1. The van der Waals surface area contributed by atoms with Gasteiger partial charge in [0.1, 0.15) is 11.6 Å². The number of halogens is 1. The van der Waals surface area contributed by atoms with Crippen molar-refractivity contribution in [1.82, 2.24) is 19.9 Å². The van der Waals surface area contributed by atoms with Crippen LogP contribution >= 0.6 is 0 Å². The molecule has 6 heteroatoms. The van der Waals surface area contributed by atoms with Gasteiger partial charge in [-0.2, -0.15) is 0 Å². The minimum Gasteiger partial charge on any atom is -0.497 e. The Labute approximate surface area is 169 Å². The van der Waals surface area contributed by atoms with Crippen molar-refractivity contribution in [2.75, 3.05) is 13.7 Å². The van der Waals surface area contributed by atoms with E-state index in [0.29, 0.717) is 12.1 Å². The van der Waals surface area contributed by atoms with Crippen molar-refractivity contribution in [2.45, 2.75) is 19.5 Å². The van der Waals surface area contributed by atoms with Crippen LogP contribution in [0.1, 0.15) is 12.0 Å². The van der Waals surface area contributed by atoms with Gasteiger partial charge in [-0.05, 0) is 48.9 Å². The van der Waals surface area contributed by atoms with E-state index in [9.17, 15) is 4.39 Å². The van der Waals surface area contributed by atoms with Crippen LogP contribution in [0.4, 0.5) is 4.39 Å². The van der Waals surface area contributed by atoms with Crippen LogP contribution in [0.15, 0.2) is 67.3 Å². The molecule has 0 aliphatic rings. The fraction of sp³-hybridized carbons (Fsp3) is 0.217. The molecule has 2 aromatic heterocycles. The lowest BCUT2D eigenvalue weighted by Crippen LogP contribution is -2.17. The molecule has 0 radical (unpaired) electrons. The van der Waals surface area contributed by atoms with Gasteiger partial charge in [-0.1, -0.05) is 12.1 Å². The third-order valence-corrected chi connectivity index (χ3v) is 4.85. The highest BCUT2D eigenvalue weighted by Crippen LogP contribution is 2.28. The maximum atomic E-state index is 13.7. The van der Waals surface area contributed by atoms with Gasteiger partial charge in [0.25, 0.3) is 0 Å². The first-order chi connectivity index (χ1) is 14.2. The molecule has 29 heavy (non-hydrogen) atoms. The van der Waals surface area contributed by atoms with Crippen LogP contribution in [0.3, 0.4) is 0 Å². The van der Waals surface area contributed by atoms with Crippen LogP contribution in [0.25, 0.3) is 22.2 Å². The predicted octanol–water partition coefficient (Wildman–Crippen LogP) is 4.43. The summed E-state index contributed by atoms with van der Waals surface area (Å²) in [5, 5.41) is 4.42. The fourth-order valence-corrected chi connectivity index (χ4v) is 3.37. The van der Waals surface area contributed by atoms with Gasteiger partial charge in [-0.3, -0.25) is 0 Å². The van der Waals surface area contributed by atoms with Gasteiger partial charge >= 0.3 is 0 Å². The quantitative estimate of drug-likeness (QED) is 0.452. The van der Waals surface area contributed by atoms with Gasteiger partial charge in [0, 0.05) is 42.5 Å². The molecule has 0 saturated carbocycles. The number of imidazole rings is 1. The molecule has 4 rings (SSSR count). The van der Waals surface area contributed by atoms with E-state index >= 15 is 0 Å². The highest BCUT2D eigenvalue weighted by atomic mass is 19.1. The average molecular weight is 390 g/mol. The number of hydrogen-bond donors (Lipinski definition) is 1. The summed E-state index contributed by atoms with van der Waals surface area (Å²) in [4.78, 5) is 8.83. The molecule has 2 aromatic carbocycles. The zero-order chi connectivity index (χ0) is 20.1. The number of nitrogens with zero attached hydrogens (tertiary/aromatic N) is 3. The second-order valence-corrected chi connectivity index (χ2v) is 6.90. The summed E-state index contributed by atoms with van der Waals surface area (Å²) in [5.41, 5.74) is 3.50. The first-order valence-electron chi connectivity index (χ1n) is 9.63. The highest BCUT2D eigenvalue weighted by molar-refractivity contribution is 5.83. The van der Waals surface area contributed by atoms with Crippen molar-refractivity contribution in [3.05, 3.63) is 78.6 Å². The predicted molar refractivity (Wildman–Crippen MR) is 112 cm³/mol. The minimum atomic E-state index is -0.285. The third kappa shape index (κ3) is 4.60. The Morgan fingerprint density at radius 1 is 1.14 bits per heavy atom. The van der Waals surface area contributed by atoms with Crippen LogP contribution in [0, 0.1) is 5.82 Å². The van der Waals surface area contributed by atoms with Gasteiger partial charge in [-0.25, -0.2) is 14.4 Å². The third-order valence-electron chi connectivity index (χ3n) is 4.85. The summed E-state index contributed by atoms with van der Waals surface area (Å²) in [7, 11) is 1.64. The van der Waals surface area contributed by atoms with Crippen LogP contribution in [-0.4, -0.2) is 28.2 Å². The molecule has 5 nitrogen and oxygen atoms in total. The van der Waals surface area contributed by atoms with E-state index in [1.165, 1.54) is 12.1 Å². The molecule has 1 N–H and O–H groups in total. The highest BCUT2D eigenvalue weighted by Gasteiger charge is 2.11.